The number of benzene rings is 2. The lowest BCUT2D eigenvalue weighted by atomic mass is 9.76. The number of Topliss-reactive ketones (excluding diaryl/α,β-unsaturated/α-hetero) is 2. The third-order valence-corrected chi connectivity index (χ3v) is 5.84. The Hall–Kier alpha value is -2.53. The van der Waals surface area contributed by atoms with E-state index in [1.807, 2.05) is 26.0 Å². The summed E-state index contributed by atoms with van der Waals surface area (Å²) in [6, 6.07) is 10.6. The van der Waals surface area contributed by atoms with E-state index in [0.717, 1.165) is 22.9 Å². The fourth-order valence-corrected chi connectivity index (χ4v) is 4.12. The maximum Gasteiger partial charge on any atom is 0.227 e. The van der Waals surface area contributed by atoms with Crippen molar-refractivity contribution in [3.8, 4) is 0 Å². The summed E-state index contributed by atoms with van der Waals surface area (Å²) in [7, 11) is 0. The maximum atomic E-state index is 12.0. The van der Waals surface area contributed by atoms with E-state index in [4.69, 9.17) is 0 Å². The Morgan fingerprint density at radius 2 is 1.24 bits per heavy atom. The van der Waals surface area contributed by atoms with Gasteiger partial charge in [-0.3, -0.25) is 19.2 Å². The van der Waals surface area contributed by atoms with Crippen molar-refractivity contribution in [2.24, 2.45) is 0 Å². The number of rotatable bonds is 2. The van der Waals surface area contributed by atoms with E-state index in [2.05, 4.69) is 0 Å². The summed E-state index contributed by atoms with van der Waals surface area (Å²) in [5.41, 5.74) is 3.13. The molecule has 0 aromatic heterocycles. The zero-order chi connectivity index (χ0) is 17.9. The fraction of sp³-hybridized carbons (Fsp3) is 0.200. The van der Waals surface area contributed by atoms with E-state index in [-0.39, 0.29) is 28.2 Å². The molecule has 0 unspecified atom stereocenters. The second-order valence-corrected chi connectivity index (χ2v) is 7.79. The quantitative estimate of drug-likeness (QED) is 0.771. The van der Waals surface area contributed by atoms with Crippen molar-refractivity contribution in [2.75, 3.05) is 0 Å². The summed E-state index contributed by atoms with van der Waals surface area (Å²) in [4.78, 5) is 47.6. The third-order valence-electron chi connectivity index (χ3n) is 5.03. The highest BCUT2D eigenvalue weighted by atomic mass is 32.2. The molecule has 124 valence electrons. The SMILES string of the molecule is CC(C)(c1ccc2c(c1)C(=O)CC2=O)c1ccc2c(c1)C(=O)SC2=O. The van der Waals surface area contributed by atoms with E-state index < -0.39 is 5.41 Å². The first-order valence-electron chi connectivity index (χ1n) is 7.91. The molecule has 0 bridgehead atoms. The van der Waals surface area contributed by atoms with Gasteiger partial charge in [0.05, 0.1) is 6.42 Å². The predicted molar refractivity (Wildman–Crippen MR) is 94.5 cm³/mol. The molecule has 25 heavy (non-hydrogen) atoms. The Kier molecular flexibility index (Phi) is 3.34. The molecule has 0 radical (unpaired) electrons. The number of ketones is 2. The molecular formula is C20H14O4S. The minimum absolute atomic E-state index is 0.0636. The van der Waals surface area contributed by atoms with Gasteiger partial charge in [-0.1, -0.05) is 32.0 Å². The van der Waals surface area contributed by atoms with Crippen LogP contribution in [-0.4, -0.2) is 21.8 Å². The van der Waals surface area contributed by atoms with Crippen molar-refractivity contribution in [1.29, 1.82) is 0 Å². The van der Waals surface area contributed by atoms with Crippen LogP contribution in [0, 0.1) is 0 Å². The molecule has 2 aromatic rings. The minimum Gasteiger partial charge on any atom is -0.294 e. The van der Waals surface area contributed by atoms with Crippen molar-refractivity contribution in [3.05, 3.63) is 69.8 Å². The van der Waals surface area contributed by atoms with Gasteiger partial charge >= 0.3 is 0 Å². The van der Waals surface area contributed by atoms with E-state index in [9.17, 15) is 19.2 Å². The van der Waals surface area contributed by atoms with Gasteiger partial charge in [0.15, 0.2) is 11.6 Å². The van der Waals surface area contributed by atoms with Gasteiger partial charge in [0.2, 0.25) is 10.2 Å². The van der Waals surface area contributed by atoms with Crippen LogP contribution in [0.3, 0.4) is 0 Å². The zero-order valence-electron chi connectivity index (χ0n) is 13.7. The van der Waals surface area contributed by atoms with Crippen LogP contribution in [0.15, 0.2) is 36.4 Å². The van der Waals surface area contributed by atoms with Crippen molar-refractivity contribution >= 4 is 33.6 Å². The van der Waals surface area contributed by atoms with Crippen molar-refractivity contribution in [2.45, 2.75) is 25.7 Å². The first-order valence-corrected chi connectivity index (χ1v) is 8.72. The highest BCUT2D eigenvalue weighted by Gasteiger charge is 2.33. The minimum atomic E-state index is -0.480. The summed E-state index contributed by atoms with van der Waals surface area (Å²) in [6.07, 6.45) is -0.0636. The van der Waals surface area contributed by atoms with Gasteiger partial charge in [-0.2, -0.15) is 0 Å². The molecule has 1 aliphatic carbocycles. The second kappa shape index (κ2) is 5.23. The van der Waals surface area contributed by atoms with Crippen LogP contribution < -0.4 is 0 Å². The Morgan fingerprint density at radius 3 is 1.92 bits per heavy atom. The van der Waals surface area contributed by atoms with Gasteiger partial charge in [0.1, 0.15) is 0 Å². The maximum absolute atomic E-state index is 12.0. The molecule has 2 aliphatic rings. The lowest BCUT2D eigenvalue weighted by molar-refractivity contribution is 0.0921. The summed E-state index contributed by atoms with van der Waals surface area (Å²) >= 11 is 0.721. The van der Waals surface area contributed by atoms with Crippen LogP contribution in [0.2, 0.25) is 0 Å². The smallest absolute Gasteiger partial charge is 0.227 e. The van der Waals surface area contributed by atoms with Crippen LogP contribution in [0.5, 0.6) is 0 Å². The number of thioether (sulfide) groups is 1. The highest BCUT2D eigenvalue weighted by Crippen LogP contribution is 2.38. The number of fused-ring (bicyclic) bond motifs is 2. The zero-order valence-corrected chi connectivity index (χ0v) is 14.5. The Bertz CT molecular complexity index is 921. The van der Waals surface area contributed by atoms with Gasteiger partial charge in [-0.15, -0.1) is 0 Å². The predicted octanol–water partition coefficient (Wildman–Crippen LogP) is 3.81. The van der Waals surface area contributed by atoms with Crippen LogP contribution in [0.4, 0.5) is 0 Å². The van der Waals surface area contributed by atoms with Crippen LogP contribution in [0.1, 0.15) is 72.8 Å². The van der Waals surface area contributed by atoms with E-state index >= 15 is 0 Å². The van der Waals surface area contributed by atoms with Gasteiger partial charge in [0.25, 0.3) is 0 Å². The molecule has 0 amide bonds. The molecule has 0 N–H and O–H groups in total. The fourth-order valence-electron chi connectivity index (χ4n) is 3.38. The molecule has 1 aliphatic heterocycles. The van der Waals surface area contributed by atoms with Crippen molar-refractivity contribution < 1.29 is 19.2 Å². The summed E-state index contributed by atoms with van der Waals surface area (Å²) in [5.74, 6) is -0.285. The third kappa shape index (κ3) is 2.30. The number of hydrogen-bond donors (Lipinski definition) is 0. The van der Waals surface area contributed by atoms with E-state index in [1.54, 1.807) is 24.3 Å². The standard InChI is InChI=1S/C20H14O4S/c1-20(2,10-3-5-12-14(7-10)17(22)9-16(12)21)11-4-6-13-15(8-11)19(24)25-18(13)23/h3-8H,9H2,1-2H3. The number of carbonyl (C=O) groups excluding carboxylic acids is 4. The summed E-state index contributed by atoms with van der Waals surface area (Å²) < 4.78 is 0. The van der Waals surface area contributed by atoms with Gasteiger partial charge in [-0.05, 0) is 41.1 Å². The summed E-state index contributed by atoms with van der Waals surface area (Å²) in [6.45, 7) is 3.98. The first-order chi connectivity index (χ1) is 11.8. The Morgan fingerprint density at radius 1 is 0.720 bits per heavy atom. The van der Waals surface area contributed by atoms with Gasteiger partial charge < -0.3 is 0 Å². The van der Waals surface area contributed by atoms with Gasteiger partial charge in [0, 0.05) is 27.7 Å². The lowest BCUT2D eigenvalue weighted by Crippen LogP contribution is -2.20. The normalized spacial score (nSPS) is 16.4. The average Bonchev–Trinajstić information content (AvgIpc) is 3.03. The molecule has 0 atom stereocenters. The van der Waals surface area contributed by atoms with Crippen LogP contribution >= 0.6 is 11.8 Å². The second-order valence-electron chi connectivity index (χ2n) is 6.85. The molecular weight excluding hydrogens is 336 g/mol. The molecule has 4 rings (SSSR count). The summed E-state index contributed by atoms with van der Waals surface area (Å²) in [5, 5.41) is -0.446. The molecule has 5 heteroatoms. The molecule has 0 fully saturated rings. The molecule has 0 saturated heterocycles. The van der Waals surface area contributed by atoms with E-state index in [0.29, 0.717) is 22.3 Å². The van der Waals surface area contributed by atoms with E-state index in [1.165, 1.54) is 0 Å². The van der Waals surface area contributed by atoms with Crippen LogP contribution in [-0.2, 0) is 5.41 Å². The first kappa shape index (κ1) is 16.0. The Balaban J connectivity index is 1.81. The number of carbonyl (C=O) groups is 4. The van der Waals surface area contributed by atoms with Gasteiger partial charge in [-0.25, -0.2) is 0 Å². The number of hydrogen-bond acceptors (Lipinski definition) is 5. The molecule has 4 nitrogen and oxygen atoms in total. The van der Waals surface area contributed by atoms with Crippen LogP contribution in [0.25, 0.3) is 0 Å². The topological polar surface area (TPSA) is 68.3 Å². The molecule has 0 saturated carbocycles. The highest BCUT2D eigenvalue weighted by molar-refractivity contribution is 8.27. The largest absolute Gasteiger partial charge is 0.294 e. The molecule has 2 aromatic carbocycles. The van der Waals surface area contributed by atoms with Crippen molar-refractivity contribution in [3.63, 3.8) is 0 Å². The lowest BCUT2D eigenvalue weighted by Gasteiger charge is -2.27. The monoisotopic (exact) mass is 350 g/mol. The van der Waals surface area contributed by atoms with Crippen molar-refractivity contribution in [1.82, 2.24) is 0 Å². The average molecular weight is 350 g/mol. The Labute approximate surface area is 148 Å². The molecule has 1 heterocycles. The molecule has 0 spiro atoms.